The number of esters is 2. The summed E-state index contributed by atoms with van der Waals surface area (Å²) < 4.78 is 10.5. The Hall–Kier alpha value is -2.78. The highest BCUT2D eigenvalue weighted by molar-refractivity contribution is 6.04. The lowest BCUT2D eigenvalue weighted by atomic mass is 9.78. The van der Waals surface area contributed by atoms with Gasteiger partial charge in [-0.1, -0.05) is 0 Å². The monoisotopic (exact) mass is 406 g/mol. The smallest absolute Gasteiger partial charge is 0.336 e. The molecule has 1 aromatic carbocycles. The number of carbonyl (C=O) groups is 2. The quantitative estimate of drug-likeness (QED) is 0.399. The fourth-order valence-corrected chi connectivity index (χ4v) is 3.44. The molecule has 2 rings (SSSR count). The maximum atomic E-state index is 12.8. The van der Waals surface area contributed by atoms with Crippen molar-refractivity contribution in [3.05, 3.63) is 45.5 Å². The van der Waals surface area contributed by atoms with Crippen molar-refractivity contribution in [3.8, 4) is 0 Å². The van der Waals surface area contributed by atoms with Gasteiger partial charge in [0.25, 0.3) is 5.69 Å². The minimum atomic E-state index is -0.853. The molecule has 0 saturated heterocycles. The van der Waals surface area contributed by atoms with Crippen molar-refractivity contribution in [1.29, 1.82) is 0 Å². The Morgan fingerprint density at radius 3 is 2.38 bits per heavy atom. The molecule has 0 amide bonds. The number of nitrogens with one attached hydrogen (secondary N) is 1. The molecule has 9 heteroatoms. The Morgan fingerprint density at radius 1 is 1.24 bits per heavy atom. The van der Waals surface area contributed by atoms with Crippen molar-refractivity contribution in [2.45, 2.75) is 45.9 Å². The number of carbonyl (C=O) groups excluding carboxylic acids is 2. The minimum absolute atomic E-state index is 0.102. The number of rotatable bonds is 7. The summed E-state index contributed by atoms with van der Waals surface area (Å²) in [5.41, 5.74) is 1.08. The van der Waals surface area contributed by atoms with Gasteiger partial charge in [-0.25, -0.2) is 4.79 Å². The van der Waals surface area contributed by atoms with Gasteiger partial charge in [0.1, 0.15) is 6.61 Å². The lowest BCUT2D eigenvalue weighted by Gasteiger charge is -2.36. The standard InChI is InChI=1S/C20H26N2O7/c1-11(2)29-20(25)17-13(4)21-12(3)16(19(24)28-10-9-23)18(17)14-5-7-15(8-6-14)22(26)27/h5-8,11-13,16,21,23H,9-10H2,1-4H3. The molecule has 0 aliphatic carbocycles. The Morgan fingerprint density at radius 2 is 1.86 bits per heavy atom. The number of aliphatic hydroxyl groups is 1. The highest BCUT2D eigenvalue weighted by atomic mass is 16.6. The summed E-state index contributed by atoms with van der Waals surface area (Å²) in [5.74, 6) is -2.02. The Balaban J connectivity index is 2.64. The van der Waals surface area contributed by atoms with E-state index in [4.69, 9.17) is 14.6 Å². The first-order chi connectivity index (χ1) is 13.7. The molecule has 29 heavy (non-hydrogen) atoms. The first kappa shape index (κ1) is 22.5. The number of non-ortho nitro benzene ring substituents is 1. The van der Waals surface area contributed by atoms with Crippen LogP contribution in [0.4, 0.5) is 5.69 Å². The second-order valence-electron chi connectivity index (χ2n) is 7.13. The van der Waals surface area contributed by atoms with E-state index in [9.17, 15) is 19.7 Å². The zero-order valence-electron chi connectivity index (χ0n) is 16.9. The van der Waals surface area contributed by atoms with E-state index in [1.165, 1.54) is 24.3 Å². The van der Waals surface area contributed by atoms with Gasteiger partial charge in [-0.05, 0) is 51.0 Å². The van der Waals surface area contributed by atoms with E-state index in [-0.39, 0.29) is 36.6 Å². The topological polar surface area (TPSA) is 128 Å². The summed E-state index contributed by atoms with van der Waals surface area (Å²) in [6.45, 7) is 6.53. The Bertz CT molecular complexity index is 802. The van der Waals surface area contributed by atoms with E-state index in [2.05, 4.69) is 5.32 Å². The lowest BCUT2D eigenvalue weighted by molar-refractivity contribution is -0.384. The molecule has 0 saturated carbocycles. The van der Waals surface area contributed by atoms with Crippen molar-refractivity contribution < 1.29 is 29.1 Å². The molecule has 9 nitrogen and oxygen atoms in total. The van der Waals surface area contributed by atoms with E-state index >= 15 is 0 Å². The fraction of sp³-hybridized carbons (Fsp3) is 0.500. The third kappa shape index (κ3) is 5.18. The SMILES string of the molecule is CC(C)OC(=O)C1=C(c2ccc([N+](=O)[O-])cc2)C(C(=O)OCCO)C(C)NC1C. The molecule has 1 aliphatic heterocycles. The number of ether oxygens (including phenoxy) is 2. The summed E-state index contributed by atoms with van der Waals surface area (Å²) in [5, 5.41) is 23.2. The van der Waals surface area contributed by atoms with Crippen molar-refractivity contribution in [2.24, 2.45) is 5.92 Å². The molecule has 1 heterocycles. The molecule has 0 aromatic heterocycles. The predicted octanol–water partition coefficient (Wildman–Crippen LogP) is 1.83. The van der Waals surface area contributed by atoms with Crippen LogP contribution in [-0.2, 0) is 19.1 Å². The number of nitrogens with zero attached hydrogens (tertiary/aromatic N) is 1. The van der Waals surface area contributed by atoms with Gasteiger partial charge in [0, 0.05) is 24.2 Å². The van der Waals surface area contributed by atoms with Gasteiger partial charge in [0.2, 0.25) is 0 Å². The van der Waals surface area contributed by atoms with Gasteiger partial charge in [-0.2, -0.15) is 0 Å². The van der Waals surface area contributed by atoms with Crippen LogP contribution in [0.3, 0.4) is 0 Å². The maximum absolute atomic E-state index is 12.8. The van der Waals surface area contributed by atoms with E-state index < -0.39 is 28.8 Å². The number of benzene rings is 1. The van der Waals surface area contributed by atoms with Crippen LogP contribution in [0.5, 0.6) is 0 Å². The molecular formula is C20H26N2O7. The van der Waals surface area contributed by atoms with Crippen molar-refractivity contribution in [2.75, 3.05) is 13.2 Å². The molecular weight excluding hydrogens is 380 g/mol. The second-order valence-corrected chi connectivity index (χ2v) is 7.13. The van der Waals surface area contributed by atoms with Crippen LogP contribution in [0.1, 0.15) is 33.3 Å². The Labute approximate surface area is 168 Å². The van der Waals surface area contributed by atoms with Gasteiger partial charge in [0.15, 0.2) is 0 Å². The molecule has 1 aliphatic rings. The van der Waals surface area contributed by atoms with Gasteiger partial charge in [-0.15, -0.1) is 0 Å². The summed E-state index contributed by atoms with van der Waals surface area (Å²) in [4.78, 5) is 36.1. The van der Waals surface area contributed by atoms with Crippen LogP contribution in [0.15, 0.2) is 29.8 Å². The van der Waals surface area contributed by atoms with Crippen LogP contribution in [0, 0.1) is 16.0 Å². The average Bonchev–Trinajstić information content (AvgIpc) is 2.64. The summed E-state index contributed by atoms with van der Waals surface area (Å²) in [6.07, 6.45) is -0.362. The van der Waals surface area contributed by atoms with Crippen molar-refractivity contribution in [3.63, 3.8) is 0 Å². The summed E-state index contributed by atoms with van der Waals surface area (Å²) in [7, 11) is 0. The largest absolute Gasteiger partial charge is 0.463 e. The molecule has 1 aromatic rings. The zero-order chi connectivity index (χ0) is 21.7. The molecule has 0 bridgehead atoms. The first-order valence-corrected chi connectivity index (χ1v) is 9.40. The number of hydrogen-bond donors (Lipinski definition) is 2. The number of nitro groups is 1. The van der Waals surface area contributed by atoms with E-state index in [0.717, 1.165) is 0 Å². The highest BCUT2D eigenvalue weighted by Gasteiger charge is 2.41. The lowest BCUT2D eigenvalue weighted by Crippen LogP contribution is -2.50. The minimum Gasteiger partial charge on any atom is -0.463 e. The molecule has 3 unspecified atom stereocenters. The summed E-state index contributed by atoms with van der Waals surface area (Å²) >= 11 is 0. The van der Waals surface area contributed by atoms with Gasteiger partial charge < -0.3 is 19.9 Å². The maximum Gasteiger partial charge on any atom is 0.336 e. The molecule has 2 N–H and O–H groups in total. The molecule has 0 spiro atoms. The number of nitro benzene ring substituents is 1. The van der Waals surface area contributed by atoms with Crippen LogP contribution in [0.2, 0.25) is 0 Å². The second kappa shape index (κ2) is 9.62. The van der Waals surface area contributed by atoms with E-state index in [1.807, 2.05) is 0 Å². The van der Waals surface area contributed by atoms with E-state index in [1.54, 1.807) is 27.7 Å². The van der Waals surface area contributed by atoms with Crippen LogP contribution >= 0.6 is 0 Å². The first-order valence-electron chi connectivity index (χ1n) is 9.40. The molecule has 3 atom stereocenters. The van der Waals surface area contributed by atoms with E-state index in [0.29, 0.717) is 11.1 Å². The average molecular weight is 406 g/mol. The number of hydrogen-bond acceptors (Lipinski definition) is 8. The Kier molecular flexibility index (Phi) is 7.46. The zero-order valence-corrected chi connectivity index (χ0v) is 16.9. The van der Waals surface area contributed by atoms with Crippen LogP contribution in [-0.4, -0.2) is 53.4 Å². The predicted molar refractivity (Wildman–Crippen MR) is 105 cm³/mol. The van der Waals surface area contributed by atoms with Crippen molar-refractivity contribution >= 4 is 23.2 Å². The van der Waals surface area contributed by atoms with Crippen LogP contribution in [0.25, 0.3) is 5.57 Å². The van der Waals surface area contributed by atoms with Crippen LogP contribution < -0.4 is 5.32 Å². The molecule has 0 fully saturated rings. The number of aliphatic hydroxyl groups excluding tert-OH is 1. The molecule has 158 valence electrons. The fourth-order valence-electron chi connectivity index (χ4n) is 3.44. The van der Waals surface area contributed by atoms with Gasteiger partial charge >= 0.3 is 11.9 Å². The third-order valence-corrected chi connectivity index (χ3v) is 4.59. The van der Waals surface area contributed by atoms with Crippen molar-refractivity contribution in [1.82, 2.24) is 5.32 Å². The molecule has 0 radical (unpaired) electrons. The third-order valence-electron chi connectivity index (χ3n) is 4.59. The normalized spacial score (nSPS) is 21.8. The summed E-state index contributed by atoms with van der Waals surface area (Å²) in [6, 6.07) is 4.86. The highest BCUT2D eigenvalue weighted by Crippen LogP contribution is 2.37. The van der Waals surface area contributed by atoms with Gasteiger partial charge in [-0.3, -0.25) is 14.9 Å². The van der Waals surface area contributed by atoms with Gasteiger partial charge in [0.05, 0.1) is 29.1 Å².